The fourth-order valence-corrected chi connectivity index (χ4v) is 4.30. The zero-order valence-electron chi connectivity index (χ0n) is 17.8. The summed E-state index contributed by atoms with van der Waals surface area (Å²) >= 11 is 0. The maximum atomic E-state index is 14.2. The average molecular weight is 435 g/mol. The standard InChI is InChI=1S/C24H25F4NO2/c1-15-9-10-17(25)11-19(15)22(3,4)13-23(31,24(26,27)28)14-29-12-16(2)21(30)18-7-5-6-8-20(18)29/h5-12,31H,13-14H2,1-4H3. The van der Waals surface area contributed by atoms with E-state index in [1.54, 1.807) is 45.0 Å². The zero-order chi connectivity index (χ0) is 23.2. The minimum Gasteiger partial charge on any atom is -0.379 e. The Morgan fingerprint density at radius 3 is 2.29 bits per heavy atom. The molecule has 1 N–H and O–H groups in total. The number of hydrogen-bond acceptors (Lipinski definition) is 2. The summed E-state index contributed by atoms with van der Waals surface area (Å²) in [4.78, 5) is 12.4. The van der Waals surface area contributed by atoms with Crippen LogP contribution in [0.5, 0.6) is 0 Å². The molecular weight excluding hydrogens is 410 g/mol. The molecule has 0 saturated carbocycles. The number of para-hydroxylation sites is 1. The van der Waals surface area contributed by atoms with E-state index in [0.717, 1.165) is 0 Å². The Morgan fingerprint density at radius 1 is 1.00 bits per heavy atom. The maximum Gasteiger partial charge on any atom is 0.418 e. The van der Waals surface area contributed by atoms with Crippen LogP contribution in [-0.4, -0.2) is 21.5 Å². The molecule has 0 radical (unpaired) electrons. The Morgan fingerprint density at radius 2 is 1.65 bits per heavy atom. The molecule has 2 aromatic carbocycles. The number of halogens is 4. The number of alkyl halides is 3. The van der Waals surface area contributed by atoms with E-state index in [9.17, 15) is 27.5 Å². The van der Waals surface area contributed by atoms with Crippen molar-refractivity contribution in [2.24, 2.45) is 0 Å². The number of benzene rings is 2. The third kappa shape index (κ3) is 4.37. The lowest BCUT2D eigenvalue weighted by atomic mass is 9.73. The van der Waals surface area contributed by atoms with Crippen molar-refractivity contribution in [2.75, 3.05) is 0 Å². The maximum absolute atomic E-state index is 14.2. The largest absolute Gasteiger partial charge is 0.418 e. The molecule has 0 fully saturated rings. The Balaban J connectivity index is 2.11. The zero-order valence-corrected chi connectivity index (χ0v) is 17.8. The minimum absolute atomic E-state index is 0.266. The highest BCUT2D eigenvalue weighted by atomic mass is 19.4. The molecule has 31 heavy (non-hydrogen) atoms. The van der Waals surface area contributed by atoms with Crippen LogP contribution in [0, 0.1) is 19.7 Å². The Hall–Kier alpha value is -2.67. The van der Waals surface area contributed by atoms with E-state index in [-0.39, 0.29) is 16.4 Å². The van der Waals surface area contributed by atoms with E-state index < -0.39 is 36.0 Å². The highest BCUT2D eigenvalue weighted by Gasteiger charge is 2.56. The number of nitrogens with zero attached hydrogens (tertiary/aromatic N) is 1. The van der Waals surface area contributed by atoms with Crippen molar-refractivity contribution in [1.29, 1.82) is 0 Å². The Bertz CT molecular complexity index is 1180. The van der Waals surface area contributed by atoms with Gasteiger partial charge in [-0.3, -0.25) is 4.79 Å². The molecule has 3 aromatic rings. The van der Waals surface area contributed by atoms with E-state index in [0.29, 0.717) is 16.6 Å². The first-order valence-corrected chi connectivity index (χ1v) is 9.90. The predicted molar refractivity (Wildman–Crippen MR) is 113 cm³/mol. The second-order valence-corrected chi connectivity index (χ2v) is 8.84. The van der Waals surface area contributed by atoms with Gasteiger partial charge in [-0.15, -0.1) is 0 Å². The number of aryl methyl sites for hydroxylation is 2. The van der Waals surface area contributed by atoms with Crippen LogP contribution in [0.3, 0.4) is 0 Å². The second kappa shape index (κ2) is 7.79. The normalized spacial score (nSPS) is 14.6. The van der Waals surface area contributed by atoms with Crippen LogP contribution in [0.4, 0.5) is 17.6 Å². The molecule has 1 unspecified atom stereocenters. The van der Waals surface area contributed by atoms with E-state index >= 15 is 0 Å². The molecule has 1 atom stereocenters. The highest BCUT2D eigenvalue weighted by molar-refractivity contribution is 5.79. The lowest BCUT2D eigenvalue weighted by molar-refractivity contribution is -0.271. The third-order valence-corrected chi connectivity index (χ3v) is 5.79. The van der Waals surface area contributed by atoms with Gasteiger partial charge in [0.05, 0.1) is 12.1 Å². The van der Waals surface area contributed by atoms with Gasteiger partial charge in [-0.25, -0.2) is 4.39 Å². The number of hydrogen-bond donors (Lipinski definition) is 1. The molecule has 7 heteroatoms. The molecule has 0 aliphatic rings. The molecule has 0 amide bonds. The van der Waals surface area contributed by atoms with Crippen LogP contribution < -0.4 is 5.43 Å². The number of aromatic nitrogens is 1. The molecule has 0 spiro atoms. The molecule has 166 valence electrons. The van der Waals surface area contributed by atoms with E-state index in [4.69, 9.17) is 0 Å². The lowest BCUT2D eigenvalue weighted by Crippen LogP contribution is -2.52. The fraction of sp³-hybridized carbons (Fsp3) is 0.375. The average Bonchev–Trinajstić information content (AvgIpc) is 2.66. The molecule has 0 bridgehead atoms. The van der Waals surface area contributed by atoms with Crippen LogP contribution in [0.25, 0.3) is 10.9 Å². The predicted octanol–water partition coefficient (Wildman–Crippen LogP) is 5.42. The summed E-state index contributed by atoms with van der Waals surface area (Å²) in [6, 6.07) is 10.3. The van der Waals surface area contributed by atoms with Crippen molar-refractivity contribution in [1.82, 2.24) is 4.57 Å². The minimum atomic E-state index is -4.95. The topological polar surface area (TPSA) is 42.2 Å². The summed E-state index contributed by atoms with van der Waals surface area (Å²) in [7, 11) is 0. The van der Waals surface area contributed by atoms with E-state index in [1.165, 1.54) is 35.9 Å². The van der Waals surface area contributed by atoms with Crippen LogP contribution in [-0.2, 0) is 12.0 Å². The number of pyridine rings is 1. The van der Waals surface area contributed by atoms with Gasteiger partial charge in [0, 0.05) is 17.1 Å². The van der Waals surface area contributed by atoms with E-state index in [1.807, 2.05) is 0 Å². The second-order valence-electron chi connectivity index (χ2n) is 8.84. The molecule has 0 aliphatic heterocycles. The smallest absolute Gasteiger partial charge is 0.379 e. The molecular formula is C24H25F4NO2. The van der Waals surface area contributed by atoms with Crippen molar-refractivity contribution in [2.45, 2.75) is 57.9 Å². The summed E-state index contributed by atoms with van der Waals surface area (Å²) in [5.41, 5.74) is -2.93. The van der Waals surface area contributed by atoms with E-state index in [2.05, 4.69) is 0 Å². The van der Waals surface area contributed by atoms with Gasteiger partial charge in [-0.05, 0) is 61.1 Å². The van der Waals surface area contributed by atoms with Crippen molar-refractivity contribution >= 4 is 10.9 Å². The van der Waals surface area contributed by atoms with Gasteiger partial charge in [-0.2, -0.15) is 13.2 Å². The summed E-state index contributed by atoms with van der Waals surface area (Å²) < 4.78 is 57.7. The number of rotatable bonds is 5. The van der Waals surface area contributed by atoms with Gasteiger partial charge < -0.3 is 9.67 Å². The summed E-state index contributed by atoms with van der Waals surface area (Å²) in [6.45, 7) is 5.54. The number of aliphatic hydroxyl groups is 1. The van der Waals surface area contributed by atoms with Crippen LogP contribution in [0.2, 0.25) is 0 Å². The van der Waals surface area contributed by atoms with Gasteiger partial charge in [0.1, 0.15) is 5.82 Å². The SMILES string of the molecule is Cc1ccc(F)cc1C(C)(C)CC(O)(Cn1cc(C)c(=O)c2ccccc21)C(F)(F)F. The first kappa shape index (κ1) is 23.0. The summed E-state index contributed by atoms with van der Waals surface area (Å²) in [5, 5.41) is 11.2. The van der Waals surface area contributed by atoms with Gasteiger partial charge >= 0.3 is 6.18 Å². The van der Waals surface area contributed by atoms with Gasteiger partial charge in [0.25, 0.3) is 0 Å². The Kier molecular flexibility index (Phi) is 5.78. The number of fused-ring (bicyclic) bond motifs is 1. The van der Waals surface area contributed by atoms with Crippen LogP contribution in [0.15, 0.2) is 53.5 Å². The highest BCUT2D eigenvalue weighted by Crippen LogP contribution is 2.43. The van der Waals surface area contributed by atoms with Crippen LogP contribution >= 0.6 is 0 Å². The first-order chi connectivity index (χ1) is 14.2. The first-order valence-electron chi connectivity index (χ1n) is 9.90. The lowest BCUT2D eigenvalue weighted by Gasteiger charge is -2.39. The molecule has 0 aliphatic carbocycles. The van der Waals surface area contributed by atoms with Gasteiger partial charge in [0.2, 0.25) is 0 Å². The summed E-state index contributed by atoms with van der Waals surface area (Å²) in [5.74, 6) is -0.550. The van der Waals surface area contributed by atoms with Gasteiger partial charge in [0.15, 0.2) is 11.0 Å². The molecule has 1 aromatic heterocycles. The Labute approximate surface area is 178 Å². The fourth-order valence-electron chi connectivity index (χ4n) is 4.30. The molecule has 3 nitrogen and oxygen atoms in total. The van der Waals surface area contributed by atoms with Crippen molar-refractivity contribution in [3.63, 3.8) is 0 Å². The summed E-state index contributed by atoms with van der Waals surface area (Å²) in [6.07, 6.45) is -4.31. The molecule has 3 rings (SSSR count). The van der Waals surface area contributed by atoms with Crippen molar-refractivity contribution in [3.8, 4) is 0 Å². The van der Waals surface area contributed by atoms with Gasteiger partial charge in [-0.1, -0.05) is 32.0 Å². The van der Waals surface area contributed by atoms with Crippen molar-refractivity contribution < 1.29 is 22.7 Å². The quantitative estimate of drug-likeness (QED) is 0.544. The van der Waals surface area contributed by atoms with Crippen LogP contribution in [0.1, 0.15) is 37.0 Å². The molecule has 0 saturated heterocycles. The van der Waals surface area contributed by atoms with Crippen molar-refractivity contribution in [3.05, 3.63) is 81.4 Å². The third-order valence-electron chi connectivity index (χ3n) is 5.79. The molecule has 1 heterocycles. The monoisotopic (exact) mass is 435 g/mol.